The summed E-state index contributed by atoms with van der Waals surface area (Å²) in [6, 6.07) is 2.34. The van der Waals surface area contributed by atoms with Crippen molar-refractivity contribution < 1.29 is 18.6 Å². The highest BCUT2D eigenvalue weighted by molar-refractivity contribution is 9.10. The van der Waals surface area contributed by atoms with E-state index in [2.05, 4.69) is 21.2 Å². The van der Waals surface area contributed by atoms with Gasteiger partial charge in [0.25, 0.3) is 0 Å². The van der Waals surface area contributed by atoms with Crippen molar-refractivity contribution in [3.63, 3.8) is 0 Å². The van der Waals surface area contributed by atoms with Gasteiger partial charge in [-0.25, -0.2) is 4.39 Å². The molecule has 0 aliphatic heterocycles. The largest absolute Gasteiger partial charge is 0.488 e. The molecule has 0 aromatic heterocycles. The molecule has 3 nitrogen and oxygen atoms in total. The van der Waals surface area contributed by atoms with E-state index in [-0.39, 0.29) is 17.9 Å². The lowest BCUT2D eigenvalue weighted by Crippen LogP contribution is -2.42. The molecule has 0 saturated carbocycles. The van der Waals surface area contributed by atoms with Gasteiger partial charge >= 0.3 is 0 Å². The quantitative estimate of drug-likeness (QED) is 0.812. The van der Waals surface area contributed by atoms with Gasteiger partial charge in [-0.05, 0) is 32.9 Å². The normalized spacial score (nSPS) is 13.4. The molecule has 0 amide bonds. The third-order valence-electron chi connectivity index (χ3n) is 2.26. The summed E-state index contributed by atoms with van der Waals surface area (Å²) in [6.07, 6.45) is -0.805. The molecule has 2 N–H and O–H groups in total. The van der Waals surface area contributed by atoms with E-state index in [9.17, 15) is 13.9 Å². The zero-order valence-corrected chi connectivity index (χ0v) is 12.7. The lowest BCUT2D eigenvalue weighted by molar-refractivity contribution is 0.0975. The Morgan fingerprint density at radius 3 is 2.58 bits per heavy atom. The van der Waals surface area contributed by atoms with E-state index in [0.717, 1.165) is 6.07 Å². The molecule has 0 saturated heterocycles. The smallest absolute Gasteiger partial charge is 0.200 e. The molecule has 1 unspecified atom stereocenters. The number of aliphatic hydroxyl groups is 1. The number of ether oxygens (including phenoxy) is 1. The summed E-state index contributed by atoms with van der Waals surface area (Å²) >= 11 is 3.05. The summed E-state index contributed by atoms with van der Waals surface area (Å²) in [4.78, 5) is 0. The zero-order chi connectivity index (χ0) is 14.6. The summed E-state index contributed by atoms with van der Waals surface area (Å²) in [7, 11) is 0. The van der Waals surface area contributed by atoms with Gasteiger partial charge < -0.3 is 15.2 Å². The summed E-state index contributed by atoms with van der Waals surface area (Å²) in [6.45, 7) is 6.08. The van der Waals surface area contributed by atoms with Crippen LogP contribution in [0.4, 0.5) is 8.78 Å². The Morgan fingerprint density at radius 2 is 2.00 bits per heavy atom. The van der Waals surface area contributed by atoms with Crippen LogP contribution in [0.2, 0.25) is 0 Å². The highest BCUT2D eigenvalue weighted by atomic mass is 79.9. The van der Waals surface area contributed by atoms with Crippen LogP contribution in [0.3, 0.4) is 0 Å². The highest BCUT2D eigenvalue weighted by Crippen LogP contribution is 2.25. The van der Waals surface area contributed by atoms with Crippen molar-refractivity contribution >= 4 is 15.9 Å². The zero-order valence-electron chi connectivity index (χ0n) is 11.1. The Bertz CT molecular complexity index is 435. The molecule has 108 valence electrons. The van der Waals surface area contributed by atoms with Crippen LogP contribution in [0.1, 0.15) is 20.8 Å². The number of hydrogen-bond donors (Lipinski definition) is 2. The van der Waals surface area contributed by atoms with E-state index in [0.29, 0.717) is 11.0 Å². The van der Waals surface area contributed by atoms with Gasteiger partial charge in [0.15, 0.2) is 11.6 Å². The van der Waals surface area contributed by atoms with Crippen molar-refractivity contribution in [1.82, 2.24) is 5.32 Å². The number of nitrogens with one attached hydrogen (secondary N) is 1. The van der Waals surface area contributed by atoms with Crippen LogP contribution in [0.15, 0.2) is 16.6 Å². The summed E-state index contributed by atoms with van der Waals surface area (Å²) < 4.78 is 32.0. The van der Waals surface area contributed by atoms with Crippen LogP contribution in [0.25, 0.3) is 0 Å². The molecule has 0 radical (unpaired) electrons. The lowest BCUT2D eigenvalue weighted by atomic mass is 10.1. The van der Waals surface area contributed by atoms with Gasteiger partial charge in [0.05, 0.1) is 0 Å². The Balaban J connectivity index is 2.53. The number of β-amino-alcohol motifs (C(OH)–C–C–N with tert-alkyl or cyclic N) is 1. The molecular weight excluding hydrogens is 320 g/mol. The van der Waals surface area contributed by atoms with Gasteiger partial charge in [-0.1, -0.05) is 15.9 Å². The van der Waals surface area contributed by atoms with E-state index in [1.807, 2.05) is 20.8 Å². The van der Waals surface area contributed by atoms with Crippen molar-refractivity contribution in [3.05, 3.63) is 28.2 Å². The van der Waals surface area contributed by atoms with Crippen LogP contribution in [0, 0.1) is 11.6 Å². The maximum atomic E-state index is 13.4. The van der Waals surface area contributed by atoms with E-state index < -0.39 is 17.7 Å². The summed E-state index contributed by atoms with van der Waals surface area (Å²) in [5, 5.41) is 12.8. The molecule has 1 aromatic rings. The Morgan fingerprint density at radius 1 is 1.37 bits per heavy atom. The molecule has 6 heteroatoms. The Kier molecular flexibility index (Phi) is 5.70. The summed E-state index contributed by atoms with van der Waals surface area (Å²) in [5.41, 5.74) is -0.131. The van der Waals surface area contributed by atoms with Gasteiger partial charge in [-0.15, -0.1) is 0 Å². The van der Waals surface area contributed by atoms with Crippen molar-refractivity contribution in [1.29, 1.82) is 0 Å². The molecule has 0 aliphatic carbocycles. The first-order chi connectivity index (χ1) is 8.69. The molecule has 0 bridgehead atoms. The second kappa shape index (κ2) is 6.63. The summed E-state index contributed by atoms with van der Waals surface area (Å²) in [5.74, 6) is -2.27. The number of rotatable bonds is 5. The highest BCUT2D eigenvalue weighted by Gasteiger charge is 2.15. The van der Waals surface area contributed by atoms with Gasteiger partial charge in [-0.3, -0.25) is 0 Å². The Labute approximate surface area is 120 Å². The first kappa shape index (κ1) is 16.3. The van der Waals surface area contributed by atoms with Crippen molar-refractivity contribution in [2.24, 2.45) is 0 Å². The standard InChI is InChI=1S/C13H18BrF2NO2/c1-13(2,3)17-6-9(18)7-19-11-5-8(14)4-10(15)12(11)16/h4-5,9,17-18H,6-7H2,1-3H3. The molecule has 1 rings (SSSR count). The van der Waals surface area contributed by atoms with E-state index >= 15 is 0 Å². The minimum Gasteiger partial charge on any atom is -0.488 e. The van der Waals surface area contributed by atoms with Crippen LogP contribution in [-0.2, 0) is 0 Å². The average molecular weight is 338 g/mol. The molecule has 0 fully saturated rings. The predicted octanol–water partition coefficient (Wildman–Crippen LogP) is 2.86. The molecule has 0 spiro atoms. The van der Waals surface area contributed by atoms with E-state index in [4.69, 9.17) is 4.74 Å². The molecule has 0 heterocycles. The Hall–Kier alpha value is -0.720. The number of hydrogen-bond acceptors (Lipinski definition) is 3. The first-order valence-corrected chi connectivity index (χ1v) is 6.69. The SMILES string of the molecule is CC(C)(C)NCC(O)COc1cc(Br)cc(F)c1F. The van der Waals surface area contributed by atoms with Crippen molar-refractivity contribution in [3.8, 4) is 5.75 Å². The number of halogens is 3. The number of aliphatic hydroxyl groups excluding tert-OH is 1. The topological polar surface area (TPSA) is 41.5 Å². The van der Waals surface area contributed by atoms with E-state index in [1.54, 1.807) is 0 Å². The van der Waals surface area contributed by atoms with Gasteiger partial charge in [0.1, 0.15) is 12.7 Å². The monoisotopic (exact) mass is 337 g/mol. The molecule has 1 aromatic carbocycles. The van der Waals surface area contributed by atoms with Crippen LogP contribution < -0.4 is 10.1 Å². The van der Waals surface area contributed by atoms with Crippen LogP contribution in [-0.4, -0.2) is 29.9 Å². The van der Waals surface area contributed by atoms with Crippen molar-refractivity contribution in [2.75, 3.05) is 13.2 Å². The van der Waals surface area contributed by atoms with Crippen molar-refractivity contribution in [2.45, 2.75) is 32.4 Å². The molecular formula is C13H18BrF2NO2. The van der Waals surface area contributed by atoms with Gasteiger partial charge in [-0.2, -0.15) is 4.39 Å². The maximum absolute atomic E-state index is 13.4. The fourth-order valence-electron chi connectivity index (χ4n) is 1.31. The lowest BCUT2D eigenvalue weighted by Gasteiger charge is -2.23. The maximum Gasteiger partial charge on any atom is 0.200 e. The van der Waals surface area contributed by atoms with Gasteiger partial charge in [0, 0.05) is 16.6 Å². The minimum atomic E-state index is -1.06. The average Bonchev–Trinajstić information content (AvgIpc) is 2.28. The fraction of sp³-hybridized carbons (Fsp3) is 0.538. The van der Waals surface area contributed by atoms with Crippen LogP contribution in [0.5, 0.6) is 5.75 Å². The van der Waals surface area contributed by atoms with E-state index in [1.165, 1.54) is 6.07 Å². The third kappa shape index (κ3) is 5.84. The predicted molar refractivity (Wildman–Crippen MR) is 73.3 cm³/mol. The second-order valence-corrected chi connectivity index (χ2v) is 6.21. The van der Waals surface area contributed by atoms with Crippen LogP contribution >= 0.6 is 15.9 Å². The molecule has 19 heavy (non-hydrogen) atoms. The minimum absolute atomic E-state index is 0.115. The fourth-order valence-corrected chi connectivity index (χ4v) is 1.72. The number of benzene rings is 1. The second-order valence-electron chi connectivity index (χ2n) is 5.30. The first-order valence-electron chi connectivity index (χ1n) is 5.89. The molecule has 1 atom stereocenters. The molecule has 0 aliphatic rings. The third-order valence-corrected chi connectivity index (χ3v) is 2.72. The van der Waals surface area contributed by atoms with Gasteiger partial charge in [0.2, 0.25) is 5.82 Å².